The Labute approximate surface area is 405 Å². The van der Waals surface area contributed by atoms with E-state index in [4.69, 9.17) is 12.5 Å². The molecule has 0 aliphatic carbocycles. The molecule has 0 spiro atoms. The van der Waals surface area contributed by atoms with Crippen LogP contribution in [0.3, 0.4) is 0 Å². The number of nitrogens with zero attached hydrogens (tertiary/aromatic N) is 4. The molecule has 0 N–H and O–H groups in total. The van der Waals surface area contributed by atoms with E-state index in [9.17, 15) is 0 Å². The van der Waals surface area contributed by atoms with Crippen molar-refractivity contribution in [2.75, 3.05) is 4.90 Å². The van der Waals surface area contributed by atoms with Crippen molar-refractivity contribution in [2.24, 2.45) is 0 Å². The molecule has 5 nitrogen and oxygen atoms in total. The van der Waals surface area contributed by atoms with E-state index < -0.39 is 6.37 Å². The van der Waals surface area contributed by atoms with Gasteiger partial charge in [0.2, 0.25) is 0 Å². The molecule has 1 aliphatic heterocycles. The Bertz CT molecular complexity index is 3750. The van der Waals surface area contributed by atoms with E-state index in [-0.39, 0.29) is 31.9 Å². The largest absolute Gasteiger partial charge is 0.509 e. The van der Waals surface area contributed by atoms with Gasteiger partial charge in [-0.3, -0.25) is 0 Å². The molecule has 0 radical (unpaired) electrons. The molecule has 3 aromatic heterocycles. The summed E-state index contributed by atoms with van der Waals surface area (Å²) in [5.41, 5.74) is 10.8. The third kappa shape index (κ3) is 7.11. The first-order valence-corrected chi connectivity index (χ1v) is 22.5. The fourth-order valence-electron chi connectivity index (χ4n) is 9.83. The van der Waals surface area contributed by atoms with Crippen LogP contribution in [-0.2, 0) is 38.3 Å². The Morgan fingerprint density at radius 1 is 0.652 bits per heavy atom. The van der Waals surface area contributed by atoms with Crippen molar-refractivity contribution in [1.82, 2.24) is 14.1 Å². The summed E-state index contributed by atoms with van der Waals surface area (Å²) < 4.78 is 28.5. The SMILES string of the molecule is [2H]C([2H])(C)c1ccnc(-n2c3[c-]c(Oc4[c-]c(N5[CH-]n6c7c(C)cccc7c7cc(C)ccc7c7ccccc7c7cccc5c76)ccc4C(C)(C)C)ccc3c3cc(C(C)(C)C)ccc32)c1.[Pt]. The summed E-state index contributed by atoms with van der Waals surface area (Å²) in [4.78, 5) is 7.05. The van der Waals surface area contributed by atoms with Crippen LogP contribution in [-0.4, -0.2) is 14.1 Å². The molecule has 332 valence electrons. The van der Waals surface area contributed by atoms with Gasteiger partial charge in [0.1, 0.15) is 5.82 Å². The predicted molar refractivity (Wildman–Crippen MR) is 273 cm³/mol. The van der Waals surface area contributed by atoms with E-state index in [1.165, 1.54) is 43.6 Å². The molecule has 7 aromatic carbocycles. The Morgan fingerprint density at radius 2 is 1.36 bits per heavy atom. The number of aryl methyl sites for hydroxylation is 3. The molecular formula is C60H53N4OPt-3. The van der Waals surface area contributed by atoms with Gasteiger partial charge in [-0.05, 0) is 111 Å². The number of para-hydroxylation sites is 2. The van der Waals surface area contributed by atoms with Gasteiger partial charge in [-0.25, -0.2) is 4.98 Å². The second kappa shape index (κ2) is 16.1. The van der Waals surface area contributed by atoms with E-state index in [0.717, 1.165) is 55.2 Å². The molecule has 0 saturated carbocycles. The second-order valence-corrected chi connectivity index (χ2v) is 19.6. The normalized spacial score (nSPS) is 13.3. The van der Waals surface area contributed by atoms with Crippen molar-refractivity contribution in [3.8, 4) is 17.3 Å². The van der Waals surface area contributed by atoms with E-state index in [1.807, 2.05) is 12.1 Å². The van der Waals surface area contributed by atoms with Crippen molar-refractivity contribution in [3.63, 3.8) is 0 Å². The number of pyridine rings is 1. The first kappa shape index (κ1) is 40.9. The van der Waals surface area contributed by atoms with E-state index in [1.54, 1.807) is 19.2 Å². The fraction of sp³-hybridized carbons (Fsp3) is 0.200. The molecule has 0 unspecified atom stereocenters. The molecule has 0 fully saturated rings. The second-order valence-electron chi connectivity index (χ2n) is 19.6. The van der Waals surface area contributed by atoms with Gasteiger partial charge in [-0.2, -0.15) is 12.1 Å². The molecule has 6 heteroatoms. The monoisotopic (exact) mass is 1040 g/mol. The number of aromatic nitrogens is 3. The Morgan fingerprint density at radius 3 is 2.12 bits per heavy atom. The van der Waals surface area contributed by atoms with E-state index in [2.05, 4.69) is 203 Å². The fourth-order valence-corrected chi connectivity index (χ4v) is 9.83. The maximum absolute atomic E-state index is 8.52. The zero-order valence-electron chi connectivity index (χ0n) is 40.9. The zero-order chi connectivity index (χ0) is 46.7. The maximum Gasteiger partial charge on any atom is 0.135 e. The van der Waals surface area contributed by atoms with E-state index in [0.29, 0.717) is 22.9 Å². The van der Waals surface area contributed by atoms with Gasteiger partial charge in [-0.15, -0.1) is 35.2 Å². The van der Waals surface area contributed by atoms with Crippen LogP contribution in [0.25, 0.3) is 71.0 Å². The van der Waals surface area contributed by atoms with Gasteiger partial charge < -0.3 is 18.8 Å². The molecule has 0 atom stereocenters. The van der Waals surface area contributed by atoms with Crippen molar-refractivity contribution in [1.29, 1.82) is 0 Å². The first-order valence-electron chi connectivity index (χ1n) is 23.5. The molecular weight excluding hydrogens is 988 g/mol. The third-order valence-electron chi connectivity index (χ3n) is 13.1. The predicted octanol–water partition coefficient (Wildman–Crippen LogP) is 16.0. The Kier molecular flexibility index (Phi) is 9.98. The van der Waals surface area contributed by atoms with Crippen molar-refractivity contribution < 1.29 is 28.5 Å². The summed E-state index contributed by atoms with van der Waals surface area (Å²) in [5, 5.41) is 9.23. The number of ether oxygens (including phenoxy) is 1. The topological polar surface area (TPSA) is 35.2 Å². The number of anilines is 2. The summed E-state index contributed by atoms with van der Waals surface area (Å²) >= 11 is 0. The molecule has 0 amide bonds. The molecule has 66 heavy (non-hydrogen) atoms. The third-order valence-corrected chi connectivity index (χ3v) is 13.1. The molecule has 0 saturated heterocycles. The summed E-state index contributed by atoms with van der Waals surface area (Å²) in [5.74, 6) is 1.78. The maximum atomic E-state index is 8.52. The minimum atomic E-state index is -1.54. The molecule has 10 aromatic rings. The number of fused-ring (bicyclic) bond motifs is 10. The van der Waals surface area contributed by atoms with Gasteiger partial charge in [0, 0.05) is 52.7 Å². The quantitative estimate of drug-likeness (QED) is 0.161. The summed E-state index contributed by atoms with van der Waals surface area (Å²) in [6, 6.07) is 55.0. The molecule has 11 rings (SSSR count). The molecule has 1 aliphatic rings. The van der Waals surface area contributed by atoms with Crippen LogP contribution in [0, 0.1) is 32.6 Å². The van der Waals surface area contributed by atoms with Gasteiger partial charge >= 0.3 is 0 Å². The van der Waals surface area contributed by atoms with Crippen LogP contribution in [0.1, 0.15) is 79.0 Å². The zero-order valence-corrected chi connectivity index (χ0v) is 41.1. The van der Waals surface area contributed by atoms with Crippen molar-refractivity contribution in [3.05, 3.63) is 186 Å². The van der Waals surface area contributed by atoms with Crippen LogP contribution < -0.4 is 9.64 Å². The van der Waals surface area contributed by atoms with Crippen LogP contribution in [0.2, 0.25) is 0 Å². The summed E-state index contributed by atoms with van der Waals surface area (Å²) in [6.07, 6.45) is 0.141. The van der Waals surface area contributed by atoms with E-state index >= 15 is 0 Å². The van der Waals surface area contributed by atoms with Gasteiger partial charge in [0.05, 0.1) is 0 Å². The summed E-state index contributed by atoms with van der Waals surface area (Å²) in [7, 11) is 0. The Balaban J connectivity index is 0.00000539. The van der Waals surface area contributed by atoms with Crippen molar-refractivity contribution >= 4 is 76.5 Å². The Hall–Kier alpha value is -6.55. The van der Waals surface area contributed by atoms with Gasteiger partial charge in [-0.1, -0.05) is 167 Å². The first-order chi connectivity index (χ1) is 31.9. The van der Waals surface area contributed by atoms with Crippen molar-refractivity contribution in [2.45, 2.75) is 79.5 Å². The number of rotatable bonds is 5. The smallest absolute Gasteiger partial charge is 0.135 e. The average Bonchev–Trinajstić information content (AvgIpc) is 3.84. The minimum absolute atomic E-state index is 0. The molecule has 0 bridgehead atoms. The number of hydrogen-bond acceptors (Lipinski definition) is 3. The molecule has 4 heterocycles. The van der Waals surface area contributed by atoms with Crippen LogP contribution in [0.4, 0.5) is 11.4 Å². The average molecular weight is 1040 g/mol. The van der Waals surface area contributed by atoms with Gasteiger partial charge in [0.15, 0.2) is 0 Å². The van der Waals surface area contributed by atoms with Crippen LogP contribution in [0.5, 0.6) is 11.5 Å². The van der Waals surface area contributed by atoms with Crippen LogP contribution in [0.15, 0.2) is 140 Å². The number of hydrogen-bond donors (Lipinski definition) is 0. The number of benzene rings is 7. The summed E-state index contributed by atoms with van der Waals surface area (Å²) in [6.45, 7) is 21.5. The minimum Gasteiger partial charge on any atom is -0.509 e. The standard InChI is InChI=1S/C60H53N4O.Pt/c1-10-39-29-30-61-56(32-39)64-52-28-22-40(59(4,5)6)33-50(52)46-26-24-42(35-54(46)64)65-55-34-41(23-27-51(55)60(7,8)9)62-36-63-57-38(3)15-13-18-48(57)49-31-37(2)21-25-45(49)43-16-11-12-17-44(43)47-19-14-20-53(62)58(47)63;/h11-33,36H,10H2,1-9H3;/q-3;/i10D2;. The van der Waals surface area contributed by atoms with Gasteiger partial charge in [0.25, 0.3) is 0 Å². The van der Waals surface area contributed by atoms with Crippen LogP contribution >= 0.6 is 0 Å².